The lowest BCUT2D eigenvalue weighted by atomic mass is 9.73. The largest absolute Gasteiger partial charge is 0.326 e. The molecule has 3 rings (SSSR count). The molecule has 3 atom stereocenters. The summed E-state index contributed by atoms with van der Waals surface area (Å²) in [5.41, 5.74) is 9.65. The van der Waals surface area contributed by atoms with Crippen molar-refractivity contribution >= 4 is 0 Å². The van der Waals surface area contributed by atoms with Crippen LogP contribution in [0.4, 0.5) is 0 Å². The molecule has 2 N–H and O–H groups in total. The molecule has 21 heavy (non-hydrogen) atoms. The molecule has 1 aliphatic heterocycles. The van der Waals surface area contributed by atoms with Gasteiger partial charge in [0.15, 0.2) is 0 Å². The van der Waals surface area contributed by atoms with Crippen LogP contribution in [0.25, 0.3) is 0 Å². The molecular weight excluding hydrogens is 258 g/mol. The SMILES string of the molecule is CCC(C)(C(N)C1CCCc2cccnc21)N1CCCC1. The molecule has 1 saturated heterocycles. The lowest BCUT2D eigenvalue weighted by Gasteiger charge is -2.46. The Kier molecular flexibility index (Phi) is 4.32. The maximum Gasteiger partial charge on any atom is 0.0482 e. The van der Waals surface area contributed by atoms with E-state index in [1.807, 2.05) is 6.20 Å². The molecule has 0 aromatic carbocycles. The summed E-state index contributed by atoms with van der Waals surface area (Å²) in [6, 6.07) is 4.47. The molecule has 0 radical (unpaired) electrons. The van der Waals surface area contributed by atoms with Crippen molar-refractivity contribution in [1.82, 2.24) is 9.88 Å². The molecule has 0 amide bonds. The van der Waals surface area contributed by atoms with E-state index in [-0.39, 0.29) is 11.6 Å². The van der Waals surface area contributed by atoms with Crippen molar-refractivity contribution in [2.45, 2.75) is 69.9 Å². The number of nitrogens with two attached hydrogens (primary N) is 1. The molecular formula is C18H29N3. The second-order valence-corrected chi connectivity index (χ2v) is 6.98. The van der Waals surface area contributed by atoms with Crippen molar-refractivity contribution in [1.29, 1.82) is 0 Å². The molecule has 3 heteroatoms. The number of rotatable bonds is 4. The molecule has 1 aromatic rings. The van der Waals surface area contributed by atoms with Crippen LogP contribution in [-0.2, 0) is 6.42 Å². The van der Waals surface area contributed by atoms with Gasteiger partial charge >= 0.3 is 0 Å². The summed E-state index contributed by atoms with van der Waals surface area (Å²) in [4.78, 5) is 7.33. The Labute approximate surface area is 128 Å². The van der Waals surface area contributed by atoms with Crippen LogP contribution in [0.1, 0.15) is 63.1 Å². The van der Waals surface area contributed by atoms with Crippen LogP contribution in [0, 0.1) is 0 Å². The summed E-state index contributed by atoms with van der Waals surface area (Å²) in [5, 5.41) is 0. The van der Waals surface area contributed by atoms with E-state index in [9.17, 15) is 0 Å². The lowest BCUT2D eigenvalue weighted by Crippen LogP contribution is -2.59. The third-order valence-corrected chi connectivity index (χ3v) is 5.93. The Hall–Kier alpha value is -0.930. The lowest BCUT2D eigenvalue weighted by molar-refractivity contribution is 0.0852. The van der Waals surface area contributed by atoms with Gasteiger partial charge in [-0.3, -0.25) is 9.88 Å². The van der Waals surface area contributed by atoms with Crippen LogP contribution >= 0.6 is 0 Å². The number of hydrogen-bond acceptors (Lipinski definition) is 3. The summed E-state index contributed by atoms with van der Waals surface area (Å²) >= 11 is 0. The van der Waals surface area contributed by atoms with Crippen molar-refractivity contribution in [3.05, 3.63) is 29.6 Å². The fourth-order valence-electron chi connectivity index (χ4n) is 4.33. The molecule has 116 valence electrons. The van der Waals surface area contributed by atoms with Crippen molar-refractivity contribution in [2.75, 3.05) is 13.1 Å². The average Bonchev–Trinajstić information content (AvgIpc) is 3.08. The minimum atomic E-state index is 0.104. The van der Waals surface area contributed by atoms with Gasteiger partial charge in [-0.25, -0.2) is 0 Å². The minimum Gasteiger partial charge on any atom is -0.326 e. The van der Waals surface area contributed by atoms with Gasteiger partial charge in [0.1, 0.15) is 0 Å². The molecule has 0 saturated carbocycles. The van der Waals surface area contributed by atoms with E-state index in [2.05, 4.69) is 30.9 Å². The first-order valence-electron chi connectivity index (χ1n) is 8.61. The monoisotopic (exact) mass is 287 g/mol. The first-order valence-corrected chi connectivity index (χ1v) is 8.61. The highest BCUT2D eigenvalue weighted by molar-refractivity contribution is 5.28. The van der Waals surface area contributed by atoms with Gasteiger partial charge in [0.2, 0.25) is 0 Å². The Balaban J connectivity index is 1.89. The first kappa shape index (κ1) is 15.0. The van der Waals surface area contributed by atoms with Crippen molar-refractivity contribution < 1.29 is 0 Å². The van der Waals surface area contributed by atoms with Gasteiger partial charge in [0, 0.05) is 29.4 Å². The zero-order chi connectivity index (χ0) is 14.9. The summed E-state index contributed by atoms with van der Waals surface area (Å²) in [7, 11) is 0. The second kappa shape index (κ2) is 6.05. The Morgan fingerprint density at radius 3 is 2.86 bits per heavy atom. The topological polar surface area (TPSA) is 42.1 Å². The number of nitrogens with zero attached hydrogens (tertiary/aromatic N) is 2. The van der Waals surface area contributed by atoms with Crippen LogP contribution in [0.15, 0.2) is 18.3 Å². The third kappa shape index (κ3) is 2.62. The molecule has 0 bridgehead atoms. The van der Waals surface area contributed by atoms with Gasteiger partial charge in [0.05, 0.1) is 0 Å². The zero-order valence-corrected chi connectivity index (χ0v) is 13.5. The highest BCUT2D eigenvalue weighted by Gasteiger charge is 2.42. The first-order chi connectivity index (χ1) is 10.2. The Morgan fingerprint density at radius 1 is 1.38 bits per heavy atom. The number of aromatic nitrogens is 1. The van der Waals surface area contributed by atoms with Crippen LogP contribution in [-0.4, -0.2) is 34.6 Å². The van der Waals surface area contributed by atoms with Gasteiger partial charge in [0.25, 0.3) is 0 Å². The van der Waals surface area contributed by atoms with Crippen LogP contribution in [0.3, 0.4) is 0 Å². The molecule has 1 aromatic heterocycles. The molecule has 2 heterocycles. The molecule has 3 nitrogen and oxygen atoms in total. The minimum absolute atomic E-state index is 0.104. The molecule has 3 unspecified atom stereocenters. The predicted molar refractivity (Wildman–Crippen MR) is 87.4 cm³/mol. The van der Waals surface area contributed by atoms with Gasteiger partial charge in [-0.2, -0.15) is 0 Å². The van der Waals surface area contributed by atoms with Gasteiger partial charge < -0.3 is 5.73 Å². The standard InChI is InChI=1S/C18H29N3/c1-3-18(2,21-12-4-5-13-21)17(19)15-10-6-8-14-9-7-11-20-16(14)15/h7,9,11,15,17H,3-6,8,10,12-13,19H2,1-2H3. The smallest absolute Gasteiger partial charge is 0.0482 e. The number of aryl methyl sites for hydroxylation is 1. The highest BCUT2D eigenvalue weighted by atomic mass is 15.2. The second-order valence-electron chi connectivity index (χ2n) is 6.98. The van der Waals surface area contributed by atoms with Crippen LogP contribution < -0.4 is 5.73 Å². The summed E-state index contributed by atoms with van der Waals surface area (Å²) < 4.78 is 0. The van der Waals surface area contributed by atoms with E-state index < -0.39 is 0 Å². The quantitative estimate of drug-likeness (QED) is 0.925. The number of pyridine rings is 1. The maximum absolute atomic E-state index is 6.85. The van der Waals surface area contributed by atoms with E-state index in [0.717, 1.165) is 6.42 Å². The summed E-state index contributed by atoms with van der Waals surface area (Å²) in [5.74, 6) is 0.417. The van der Waals surface area contributed by atoms with Crippen molar-refractivity contribution in [2.24, 2.45) is 5.73 Å². The Morgan fingerprint density at radius 2 is 2.14 bits per heavy atom. The third-order valence-electron chi connectivity index (χ3n) is 5.93. The van der Waals surface area contributed by atoms with E-state index in [1.54, 1.807) is 0 Å². The van der Waals surface area contributed by atoms with Gasteiger partial charge in [-0.05, 0) is 70.2 Å². The van der Waals surface area contributed by atoms with Crippen molar-refractivity contribution in [3.8, 4) is 0 Å². The maximum atomic E-state index is 6.85. The molecule has 2 aliphatic rings. The fourth-order valence-corrected chi connectivity index (χ4v) is 4.33. The zero-order valence-electron chi connectivity index (χ0n) is 13.5. The van der Waals surface area contributed by atoms with Gasteiger partial charge in [-0.1, -0.05) is 13.0 Å². The summed E-state index contributed by atoms with van der Waals surface area (Å²) in [6.07, 6.45) is 9.30. The van der Waals surface area contributed by atoms with Crippen LogP contribution in [0.2, 0.25) is 0 Å². The summed E-state index contributed by atoms with van der Waals surface area (Å²) in [6.45, 7) is 7.08. The fraction of sp³-hybridized carbons (Fsp3) is 0.722. The van der Waals surface area contributed by atoms with E-state index >= 15 is 0 Å². The van der Waals surface area contributed by atoms with Crippen molar-refractivity contribution in [3.63, 3.8) is 0 Å². The van der Waals surface area contributed by atoms with E-state index in [4.69, 9.17) is 10.7 Å². The number of likely N-dealkylation sites (tertiary alicyclic amines) is 1. The molecule has 1 aliphatic carbocycles. The number of hydrogen-bond donors (Lipinski definition) is 1. The molecule has 1 fully saturated rings. The molecule has 0 spiro atoms. The average molecular weight is 287 g/mol. The van der Waals surface area contributed by atoms with E-state index in [1.165, 1.54) is 56.5 Å². The predicted octanol–water partition coefficient (Wildman–Crippen LogP) is 3.09. The van der Waals surface area contributed by atoms with Crippen LogP contribution in [0.5, 0.6) is 0 Å². The Bertz CT molecular complexity index is 481. The number of fused-ring (bicyclic) bond motifs is 1. The normalized spacial score (nSPS) is 27.1. The van der Waals surface area contributed by atoms with E-state index in [0.29, 0.717) is 5.92 Å². The highest BCUT2D eigenvalue weighted by Crippen LogP contribution is 2.39. The van der Waals surface area contributed by atoms with Gasteiger partial charge in [-0.15, -0.1) is 0 Å².